The van der Waals surface area contributed by atoms with Crippen LogP contribution >= 0.6 is 0 Å². The number of nitrogens with zero attached hydrogens (tertiary/aromatic N) is 4. The lowest BCUT2D eigenvalue weighted by Gasteiger charge is -2.07. The highest BCUT2D eigenvalue weighted by Crippen LogP contribution is 2.19. The Morgan fingerprint density at radius 3 is 2.71 bits per heavy atom. The molecule has 0 fully saturated rings. The van der Waals surface area contributed by atoms with E-state index in [0.717, 1.165) is 10.2 Å². The molecule has 8 nitrogen and oxygen atoms in total. The Kier molecular flexibility index (Phi) is 5.65. The molecule has 2 heterocycles. The molecule has 156 valence electrons. The van der Waals surface area contributed by atoms with Crippen molar-refractivity contribution in [1.29, 1.82) is 0 Å². The normalized spacial score (nSPS) is 11.3. The Morgan fingerprint density at radius 2 is 1.94 bits per heavy atom. The van der Waals surface area contributed by atoms with Crippen LogP contribution in [0.4, 0.5) is 4.39 Å². The maximum atomic E-state index is 13.6. The SMILES string of the molecule is Cc1noc2c(Cc3ccccc3)nn(CC(=O)N/N=C/c3ccccc3F)c(=O)c12. The Balaban J connectivity index is 1.59. The van der Waals surface area contributed by atoms with E-state index >= 15 is 0 Å². The maximum Gasteiger partial charge on any atom is 0.280 e. The first-order chi connectivity index (χ1) is 15.0. The number of amides is 1. The van der Waals surface area contributed by atoms with Crippen LogP contribution in [0.2, 0.25) is 0 Å². The van der Waals surface area contributed by atoms with Crippen LogP contribution in [0.15, 0.2) is 69.0 Å². The summed E-state index contributed by atoms with van der Waals surface area (Å²) >= 11 is 0. The summed E-state index contributed by atoms with van der Waals surface area (Å²) in [5, 5.41) is 12.2. The fourth-order valence-corrected chi connectivity index (χ4v) is 3.12. The lowest BCUT2D eigenvalue weighted by molar-refractivity contribution is -0.121. The number of carbonyl (C=O) groups excluding carboxylic acids is 1. The molecule has 4 rings (SSSR count). The van der Waals surface area contributed by atoms with Gasteiger partial charge in [-0.2, -0.15) is 10.2 Å². The standard InChI is InChI=1S/C22H18FN5O3/c1-14-20-21(31-27-14)18(11-15-7-3-2-4-8-15)26-28(22(20)30)13-19(29)25-24-12-16-9-5-6-10-17(16)23/h2-10,12H,11,13H2,1H3,(H,25,29)/b24-12+. The van der Waals surface area contributed by atoms with Gasteiger partial charge in [0, 0.05) is 12.0 Å². The zero-order valence-corrected chi connectivity index (χ0v) is 16.6. The minimum atomic E-state index is -0.582. The first-order valence-electron chi connectivity index (χ1n) is 9.49. The predicted molar refractivity (Wildman–Crippen MR) is 112 cm³/mol. The number of hydrogen-bond donors (Lipinski definition) is 1. The molecule has 2 aromatic heterocycles. The van der Waals surface area contributed by atoms with Crippen LogP contribution in [0.3, 0.4) is 0 Å². The van der Waals surface area contributed by atoms with Crippen LogP contribution in [-0.2, 0) is 17.8 Å². The summed E-state index contributed by atoms with van der Waals surface area (Å²) in [5.74, 6) is -1.04. The maximum absolute atomic E-state index is 13.6. The Hall–Kier alpha value is -4.14. The van der Waals surface area contributed by atoms with E-state index in [1.807, 2.05) is 30.3 Å². The second kappa shape index (κ2) is 8.70. The summed E-state index contributed by atoms with van der Waals surface area (Å²) in [7, 11) is 0. The van der Waals surface area contributed by atoms with Crippen LogP contribution in [0.25, 0.3) is 11.0 Å². The van der Waals surface area contributed by atoms with Crippen LogP contribution in [0, 0.1) is 12.7 Å². The molecular formula is C22H18FN5O3. The fourth-order valence-electron chi connectivity index (χ4n) is 3.12. The van der Waals surface area contributed by atoms with Crippen molar-refractivity contribution >= 4 is 23.1 Å². The Bertz CT molecular complexity index is 1330. The van der Waals surface area contributed by atoms with Gasteiger partial charge >= 0.3 is 0 Å². The van der Waals surface area contributed by atoms with Gasteiger partial charge in [0.15, 0.2) is 5.58 Å². The monoisotopic (exact) mass is 419 g/mol. The largest absolute Gasteiger partial charge is 0.354 e. The first kappa shape index (κ1) is 20.1. The van der Waals surface area contributed by atoms with Gasteiger partial charge in [-0.05, 0) is 18.6 Å². The van der Waals surface area contributed by atoms with E-state index < -0.39 is 17.3 Å². The molecular weight excluding hydrogens is 401 g/mol. The van der Waals surface area contributed by atoms with Gasteiger partial charge in [-0.15, -0.1) is 0 Å². The number of benzene rings is 2. The van der Waals surface area contributed by atoms with Crippen molar-refractivity contribution in [2.24, 2.45) is 5.10 Å². The summed E-state index contributed by atoms with van der Waals surface area (Å²) in [6, 6.07) is 15.6. The minimum absolute atomic E-state index is 0.227. The van der Waals surface area contributed by atoms with E-state index in [4.69, 9.17) is 4.52 Å². The third kappa shape index (κ3) is 4.40. The molecule has 0 spiro atoms. The number of aromatic nitrogens is 3. The highest BCUT2D eigenvalue weighted by Gasteiger charge is 2.19. The number of hydrazone groups is 1. The summed E-state index contributed by atoms with van der Waals surface area (Å²) in [4.78, 5) is 25.1. The Labute approximate surface area is 176 Å². The molecule has 0 unspecified atom stereocenters. The molecule has 9 heteroatoms. The number of nitrogens with one attached hydrogen (secondary N) is 1. The van der Waals surface area contributed by atoms with Crippen molar-refractivity contribution in [3.63, 3.8) is 0 Å². The quantitative estimate of drug-likeness (QED) is 0.382. The molecule has 0 saturated carbocycles. The van der Waals surface area contributed by atoms with Gasteiger partial charge in [0.2, 0.25) is 0 Å². The topological polar surface area (TPSA) is 102 Å². The second-order valence-electron chi connectivity index (χ2n) is 6.86. The minimum Gasteiger partial charge on any atom is -0.354 e. The fraction of sp³-hybridized carbons (Fsp3) is 0.136. The number of fused-ring (bicyclic) bond motifs is 1. The first-order valence-corrected chi connectivity index (χ1v) is 9.49. The number of halogens is 1. The number of rotatable bonds is 6. The third-order valence-corrected chi connectivity index (χ3v) is 4.62. The van der Waals surface area contributed by atoms with E-state index in [9.17, 15) is 14.0 Å². The van der Waals surface area contributed by atoms with Crippen molar-refractivity contribution in [2.75, 3.05) is 0 Å². The third-order valence-electron chi connectivity index (χ3n) is 4.62. The van der Waals surface area contributed by atoms with Gasteiger partial charge in [-0.1, -0.05) is 53.7 Å². The number of aryl methyl sites for hydroxylation is 1. The number of hydrogen-bond acceptors (Lipinski definition) is 6. The predicted octanol–water partition coefficient (Wildman–Crippen LogP) is 2.57. The lowest BCUT2D eigenvalue weighted by atomic mass is 10.1. The molecule has 4 aromatic rings. The molecule has 0 aliphatic rings. The second-order valence-corrected chi connectivity index (χ2v) is 6.86. The summed E-state index contributed by atoms with van der Waals surface area (Å²) in [6.07, 6.45) is 1.59. The molecule has 31 heavy (non-hydrogen) atoms. The molecule has 0 aliphatic heterocycles. The molecule has 0 radical (unpaired) electrons. The van der Waals surface area contributed by atoms with Crippen LogP contribution < -0.4 is 11.0 Å². The van der Waals surface area contributed by atoms with E-state index in [1.165, 1.54) is 18.3 Å². The molecule has 1 amide bonds. The van der Waals surface area contributed by atoms with Crippen molar-refractivity contribution in [2.45, 2.75) is 19.9 Å². The average molecular weight is 419 g/mol. The number of carbonyl (C=O) groups is 1. The summed E-state index contributed by atoms with van der Waals surface area (Å²) in [6.45, 7) is 1.29. The average Bonchev–Trinajstić information content (AvgIpc) is 3.16. The zero-order chi connectivity index (χ0) is 21.8. The van der Waals surface area contributed by atoms with Gasteiger partial charge in [0.05, 0.1) is 11.9 Å². The molecule has 2 aromatic carbocycles. The summed E-state index contributed by atoms with van der Waals surface area (Å²) < 4.78 is 20.0. The van der Waals surface area contributed by atoms with Crippen LogP contribution in [0.1, 0.15) is 22.5 Å². The highest BCUT2D eigenvalue weighted by molar-refractivity contribution is 5.83. The van der Waals surface area contributed by atoms with Crippen molar-refractivity contribution in [3.8, 4) is 0 Å². The van der Waals surface area contributed by atoms with Crippen LogP contribution in [-0.4, -0.2) is 27.1 Å². The molecule has 0 atom stereocenters. The van der Waals surface area contributed by atoms with Crippen molar-refractivity contribution in [1.82, 2.24) is 20.4 Å². The highest BCUT2D eigenvalue weighted by atomic mass is 19.1. The summed E-state index contributed by atoms with van der Waals surface area (Å²) in [5.41, 5.74) is 4.21. The van der Waals surface area contributed by atoms with E-state index in [-0.39, 0.29) is 17.5 Å². The van der Waals surface area contributed by atoms with E-state index in [0.29, 0.717) is 23.4 Å². The van der Waals surface area contributed by atoms with Gasteiger partial charge in [0.1, 0.15) is 23.4 Å². The van der Waals surface area contributed by atoms with Crippen molar-refractivity contribution < 1.29 is 13.7 Å². The van der Waals surface area contributed by atoms with Gasteiger partial charge in [-0.25, -0.2) is 14.5 Å². The van der Waals surface area contributed by atoms with Crippen molar-refractivity contribution in [3.05, 3.63) is 93.3 Å². The lowest BCUT2D eigenvalue weighted by Crippen LogP contribution is -2.32. The Morgan fingerprint density at radius 1 is 1.19 bits per heavy atom. The van der Waals surface area contributed by atoms with Gasteiger partial charge in [0.25, 0.3) is 11.5 Å². The van der Waals surface area contributed by atoms with E-state index in [2.05, 4.69) is 20.8 Å². The van der Waals surface area contributed by atoms with Gasteiger partial charge < -0.3 is 4.52 Å². The molecule has 0 aliphatic carbocycles. The van der Waals surface area contributed by atoms with Crippen LogP contribution in [0.5, 0.6) is 0 Å². The molecule has 0 saturated heterocycles. The zero-order valence-electron chi connectivity index (χ0n) is 16.6. The molecule has 1 N–H and O–H groups in total. The smallest absolute Gasteiger partial charge is 0.280 e. The van der Waals surface area contributed by atoms with E-state index in [1.54, 1.807) is 19.1 Å². The molecule has 0 bridgehead atoms. The van der Waals surface area contributed by atoms with Gasteiger partial charge in [-0.3, -0.25) is 9.59 Å².